The third kappa shape index (κ3) is 48.9. The van der Waals surface area contributed by atoms with Crippen LogP contribution < -0.4 is 10.2 Å². The zero-order valence-electron chi connectivity index (χ0n) is 43.3. The minimum absolute atomic E-state index is 0.00110. The minimum atomic E-state index is -4.59. The van der Waals surface area contributed by atoms with Gasteiger partial charge in [0.05, 0.1) is 39.9 Å². The molecule has 0 saturated heterocycles. The van der Waals surface area contributed by atoms with Gasteiger partial charge < -0.3 is 28.8 Å². The summed E-state index contributed by atoms with van der Waals surface area (Å²) in [5.74, 6) is -0.203. The van der Waals surface area contributed by atoms with Crippen LogP contribution in [0.3, 0.4) is 0 Å². The molecular formula is C55H109N2O6P. The van der Waals surface area contributed by atoms with Crippen molar-refractivity contribution in [1.29, 1.82) is 0 Å². The van der Waals surface area contributed by atoms with E-state index in [2.05, 4.69) is 31.3 Å². The second-order valence-electron chi connectivity index (χ2n) is 20.3. The Bertz CT molecular complexity index is 1090. The number of aliphatic hydroxyl groups is 1. The Morgan fingerprint density at radius 3 is 1.22 bits per heavy atom. The van der Waals surface area contributed by atoms with E-state index < -0.39 is 20.0 Å². The van der Waals surface area contributed by atoms with E-state index in [1.165, 1.54) is 199 Å². The number of likely N-dealkylation sites (N-methyl/N-ethyl adjacent to an activating group) is 1. The summed E-state index contributed by atoms with van der Waals surface area (Å²) >= 11 is 0. The number of allylic oxidation sites excluding steroid dienone is 3. The summed E-state index contributed by atoms with van der Waals surface area (Å²) in [4.78, 5) is 25.4. The number of nitrogens with zero attached hydrogens (tertiary/aromatic N) is 1. The van der Waals surface area contributed by atoms with Crippen molar-refractivity contribution in [2.75, 3.05) is 40.9 Å². The lowest BCUT2D eigenvalue weighted by molar-refractivity contribution is -0.870. The van der Waals surface area contributed by atoms with Gasteiger partial charge in [-0.3, -0.25) is 9.36 Å². The first-order chi connectivity index (χ1) is 31.0. The lowest BCUT2D eigenvalue weighted by Crippen LogP contribution is -2.45. The van der Waals surface area contributed by atoms with Crippen molar-refractivity contribution in [3.8, 4) is 0 Å². The van der Waals surface area contributed by atoms with Gasteiger partial charge in [0.2, 0.25) is 5.91 Å². The Kier molecular flexibility index (Phi) is 46.3. The van der Waals surface area contributed by atoms with Crippen LogP contribution >= 0.6 is 7.82 Å². The van der Waals surface area contributed by atoms with E-state index in [0.717, 1.165) is 51.4 Å². The number of hydrogen-bond donors (Lipinski definition) is 2. The number of hydrogen-bond acceptors (Lipinski definition) is 6. The maximum absolute atomic E-state index is 12.9. The van der Waals surface area contributed by atoms with Crippen LogP contribution in [0.2, 0.25) is 0 Å². The fourth-order valence-electron chi connectivity index (χ4n) is 8.27. The highest BCUT2D eigenvalue weighted by Crippen LogP contribution is 2.38. The topological polar surface area (TPSA) is 108 Å². The Labute approximate surface area is 398 Å². The van der Waals surface area contributed by atoms with Crippen molar-refractivity contribution in [3.05, 3.63) is 24.3 Å². The Balaban J connectivity index is 4.20. The summed E-state index contributed by atoms with van der Waals surface area (Å²) in [7, 11) is 1.26. The Morgan fingerprint density at radius 2 is 0.859 bits per heavy atom. The number of phosphoric ester groups is 1. The van der Waals surface area contributed by atoms with Crippen molar-refractivity contribution >= 4 is 13.7 Å². The third-order valence-electron chi connectivity index (χ3n) is 12.7. The van der Waals surface area contributed by atoms with Gasteiger partial charge in [0.25, 0.3) is 7.82 Å². The van der Waals surface area contributed by atoms with Gasteiger partial charge in [-0.05, 0) is 44.9 Å². The highest BCUT2D eigenvalue weighted by molar-refractivity contribution is 7.45. The van der Waals surface area contributed by atoms with Crippen molar-refractivity contribution < 1.29 is 32.9 Å². The molecule has 0 fully saturated rings. The van der Waals surface area contributed by atoms with Crippen molar-refractivity contribution in [3.63, 3.8) is 0 Å². The van der Waals surface area contributed by atoms with Gasteiger partial charge in [0, 0.05) is 6.42 Å². The minimum Gasteiger partial charge on any atom is -0.756 e. The second kappa shape index (κ2) is 47.1. The van der Waals surface area contributed by atoms with Crippen LogP contribution in [0.5, 0.6) is 0 Å². The number of rotatable bonds is 51. The average molecular weight is 925 g/mol. The number of quaternary nitrogens is 1. The fourth-order valence-corrected chi connectivity index (χ4v) is 8.99. The molecule has 0 saturated carbocycles. The molecule has 9 heteroatoms. The smallest absolute Gasteiger partial charge is 0.268 e. The summed E-state index contributed by atoms with van der Waals surface area (Å²) in [6, 6.07) is -0.889. The standard InChI is InChI=1S/C55H109N2O6P/c1-6-8-10-12-14-16-18-20-22-24-25-26-27-28-29-30-31-32-33-34-36-38-40-42-44-46-48-54(58)53(52-63-64(60,61)62-51-50-57(3,4)5)56-55(59)49-47-45-43-41-39-37-35-23-21-19-17-15-13-11-9-7-2/h23,35,46,48,53-54,58H,6-22,24-34,36-45,47,49-52H2,1-5H3,(H-,56,59,60,61)/b35-23-,48-46+. The quantitative estimate of drug-likeness (QED) is 0.0272. The van der Waals surface area contributed by atoms with E-state index >= 15 is 0 Å². The molecule has 0 aromatic carbocycles. The summed E-state index contributed by atoms with van der Waals surface area (Å²) in [6.07, 6.45) is 58.2. The Hall–Kier alpha value is -1.02. The third-order valence-corrected chi connectivity index (χ3v) is 13.6. The van der Waals surface area contributed by atoms with Crippen molar-refractivity contribution in [2.24, 2.45) is 0 Å². The van der Waals surface area contributed by atoms with Gasteiger partial charge in [0.1, 0.15) is 13.2 Å². The number of phosphoric acid groups is 1. The van der Waals surface area contributed by atoms with Crippen LogP contribution in [0, 0.1) is 0 Å². The molecular weight excluding hydrogens is 816 g/mol. The molecule has 1 amide bonds. The molecule has 0 bridgehead atoms. The van der Waals surface area contributed by atoms with E-state index in [9.17, 15) is 19.4 Å². The van der Waals surface area contributed by atoms with Gasteiger partial charge >= 0.3 is 0 Å². The van der Waals surface area contributed by atoms with Crippen LogP contribution in [0.4, 0.5) is 0 Å². The van der Waals surface area contributed by atoms with Gasteiger partial charge in [-0.15, -0.1) is 0 Å². The normalized spacial score (nSPS) is 14.2. The molecule has 0 rings (SSSR count). The highest BCUT2D eigenvalue weighted by atomic mass is 31.2. The van der Waals surface area contributed by atoms with Gasteiger partial charge in [-0.1, -0.05) is 244 Å². The summed E-state index contributed by atoms with van der Waals surface area (Å²) in [6.45, 7) is 4.67. The predicted octanol–water partition coefficient (Wildman–Crippen LogP) is 15.8. The molecule has 0 aliphatic carbocycles. The molecule has 64 heavy (non-hydrogen) atoms. The SMILES string of the molecule is CCCCCCCCC/C=C\CCCCCCCC(=O)NC(COP(=O)([O-])OCC[N+](C)(C)C)C(O)/C=C/CCCCCCCCCCCCCCCCCCCCCCCCCC. The monoisotopic (exact) mass is 925 g/mol. The van der Waals surface area contributed by atoms with E-state index in [1.54, 1.807) is 6.08 Å². The zero-order chi connectivity index (χ0) is 47.1. The molecule has 2 N–H and O–H groups in total. The molecule has 0 aliphatic heterocycles. The van der Waals surface area contributed by atoms with Crippen molar-refractivity contribution in [2.45, 2.75) is 283 Å². The molecule has 0 radical (unpaired) electrons. The molecule has 0 aromatic heterocycles. The van der Waals surface area contributed by atoms with E-state index in [1.807, 2.05) is 27.2 Å². The highest BCUT2D eigenvalue weighted by Gasteiger charge is 2.23. The average Bonchev–Trinajstić information content (AvgIpc) is 3.25. The number of nitrogens with one attached hydrogen (secondary N) is 1. The predicted molar refractivity (Wildman–Crippen MR) is 275 cm³/mol. The largest absolute Gasteiger partial charge is 0.756 e. The van der Waals surface area contributed by atoms with Gasteiger partial charge in [0.15, 0.2) is 0 Å². The molecule has 0 heterocycles. The first kappa shape index (κ1) is 63.0. The van der Waals surface area contributed by atoms with Crippen LogP contribution in [-0.4, -0.2) is 68.5 Å². The lowest BCUT2D eigenvalue weighted by Gasteiger charge is -2.29. The summed E-state index contributed by atoms with van der Waals surface area (Å²) in [5, 5.41) is 13.9. The van der Waals surface area contributed by atoms with E-state index in [4.69, 9.17) is 9.05 Å². The lowest BCUT2D eigenvalue weighted by atomic mass is 10.0. The van der Waals surface area contributed by atoms with Crippen molar-refractivity contribution in [1.82, 2.24) is 5.32 Å². The van der Waals surface area contributed by atoms with Crippen LogP contribution in [0.1, 0.15) is 271 Å². The fraction of sp³-hybridized carbons (Fsp3) is 0.909. The van der Waals surface area contributed by atoms with Crippen LogP contribution in [-0.2, 0) is 18.4 Å². The molecule has 3 unspecified atom stereocenters. The molecule has 8 nitrogen and oxygen atoms in total. The number of carbonyl (C=O) groups excluding carboxylic acids is 1. The molecule has 0 aliphatic rings. The summed E-state index contributed by atoms with van der Waals surface area (Å²) in [5.41, 5.74) is 0. The molecule has 380 valence electrons. The first-order valence-electron chi connectivity index (χ1n) is 27.7. The Morgan fingerprint density at radius 1 is 0.531 bits per heavy atom. The van der Waals surface area contributed by atoms with Gasteiger partial charge in [-0.25, -0.2) is 0 Å². The number of carbonyl (C=O) groups is 1. The molecule has 0 spiro atoms. The zero-order valence-corrected chi connectivity index (χ0v) is 44.1. The van der Waals surface area contributed by atoms with Gasteiger partial charge in [-0.2, -0.15) is 0 Å². The number of aliphatic hydroxyl groups excluding tert-OH is 1. The van der Waals surface area contributed by atoms with E-state index in [-0.39, 0.29) is 19.1 Å². The maximum atomic E-state index is 12.9. The number of amides is 1. The van der Waals surface area contributed by atoms with Crippen LogP contribution in [0.15, 0.2) is 24.3 Å². The van der Waals surface area contributed by atoms with E-state index in [0.29, 0.717) is 17.4 Å². The maximum Gasteiger partial charge on any atom is 0.268 e. The molecule has 0 aromatic rings. The van der Waals surface area contributed by atoms with Crippen LogP contribution in [0.25, 0.3) is 0 Å². The number of unbranched alkanes of at least 4 members (excludes halogenated alkanes) is 36. The summed E-state index contributed by atoms with van der Waals surface area (Å²) < 4.78 is 23.3. The second-order valence-corrected chi connectivity index (χ2v) is 21.7. The first-order valence-corrected chi connectivity index (χ1v) is 29.2. The molecule has 3 atom stereocenters.